The van der Waals surface area contributed by atoms with E-state index in [-0.39, 0.29) is 5.91 Å². The number of fused-ring (bicyclic) bond motifs is 1. The van der Waals surface area contributed by atoms with Crippen LogP contribution in [-0.2, 0) is 20.6 Å². The van der Waals surface area contributed by atoms with Crippen LogP contribution in [0.1, 0.15) is 16.1 Å². The van der Waals surface area contributed by atoms with E-state index in [1.807, 2.05) is 56.7 Å². The van der Waals surface area contributed by atoms with Crippen LogP contribution in [0.5, 0.6) is 0 Å². The Labute approximate surface area is 156 Å². The molecular formula is C20H20N6O. The lowest BCUT2D eigenvalue weighted by atomic mass is 10.0. The van der Waals surface area contributed by atoms with Crippen molar-refractivity contribution in [3.8, 4) is 11.3 Å². The number of benzene rings is 1. The highest BCUT2D eigenvalue weighted by Crippen LogP contribution is 2.25. The summed E-state index contributed by atoms with van der Waals surface area (Å²) in [5, 5.41) is 9.22. The van der Waals surface area contributed by atoms with E-state index in [1.165, 1.54) is 0 Å². The fourth-order valence-electron chi connectivity index (χ4n) is 3.13. The number of amides is 1. The summed E-state index contributed by atoms with van der Waals surface area (Å²) in [4.78, 5) is 19.6. The number of carbonyl (C=O) groups excluding carboxylic acids is 1. The largest absolute Gasteiger partial charge is 0.336 e. The van der Waals surface area contributed by atoms with Gasteiger partial charge in [-0.2, -0.15) is 10.2 Å². The van der Waals surface area contributed by atoms with E-state index >= 15 is 0 Å². The number of hydrogen-bond acceptors (Lipinski definition) is 4. The first-order valence-corrected chi connectivity index (χ1v) is 8.64. The Morgan fingerprint density at radius 1 is 1.15 bits per heavy atom. The SMILES string of the molecule is CN(Cc1ccnn1C)C(=O)c1cc(-c2cnn(C)c2)nc2ccccc12. The minimum Gasteiger partial charge on any atom is -0.336 e. The van der Waals surface area contributed by atoms with Gasteiger partial charge >= 0.3 is 0 Å². The predicted octanol–water partition coefficient (Wildman–Crippen LogP) is 2.64. The van der Waals surface area contributed by atoms with Gasteiger partial charge in [0.2, 0.25) is 0 Å². The molecule has 0 fully saturated rings. The highest BCUT2D eigenvalue weighted by atomic mass is 16.2. The molecule has 0 saturated carbocycles. The first-order valence-electron chi connectivity index (χ1n) is 8.64. The molecule has 0 aliphatic heterocycles. The first-order chi connectivity index (χ1) is 13.0. The summed E-state index contributed by atoms with van der Waals surface area (Å²) >= 11 is 0. The number of rotatable bonds is 4. The number of aryl methyl sites for hydroxylation is 2. The Balaban J connectivity index is 1.77. The molecule has 0 unspecified atom stereocenters. The van der Waals surface area contributed by atoms with E-state index in [0.29, 0.717) is 12.1 Å². The van der Waals surface area contributed by atoms with Gasteiger partial charge in [0.1, 0.15) is 0 Å². The second kappa shape index (κ2) is 6.68. The van der Waals surface area contributed by atoms with Crippen molar-refractivity contribution < 1.29 is 4.79 Å². The molecule has 0 aliphatic rings. The molecule has 0 radical (unpaired) electrons. The van der Waals surface area contributed by atoms with Gasteiger partial charge in [-0.25, -0.2) is 4.98 Å². The van der Waals surface area contributed by atoms with Crippen LogP contribution in [0, 0.1) is 0 Å². The van der Waals surface area contributed by atoms with Gasteiger partial charge in [-0.3, -0.25) is 14.2 Å². The minimum absolute atomic E-state index is 0.0556. The molecule has 27 heavy (non-hydrogen) atoms. The summed E-state index contributed by atoms with van der Waals surface area (Å²) in [5.41, 5.74) is 4.00. The number of para-hydroxylation sites is 1. The number of nitrogens with zero attached hydrogens (tertiary/aromatic N) is 6. The lowest BCUT2D eigenvalue weighted by Gasteiger charge is -2.19. The third-order valence-electron chi connectivity index (χ3n) is 4.62. The van der Waals surface area contributed by atoms with Crippen LogP contribution in [0.2, 0.25) is 0 Å². The highest BCUT2D eigenvalue weighted by molar-refractivity contribution is 6.07. The van der Waals surface area contributed by atoms with Gasteiger partial charge in [0.15, 0.2) is 0 Å². The molecule has 0 N–H and O–H groups in total. The molecule has 7 heteroatoms. The van der Waals surface area contributed by atoms with Gasteiger partial charge in [-0.05, 0) is 18.2 Å². The third-order valence-corrected chi connectivity index (χ3v) is 4.62. The predicted molar refractivity (Wildman–Crippen MR) is 103 cm³/mol. The maximum absolute atomic E-state index is 13.2. The molecule has 1 amide bonds. The van der Waals surface area contributed by atoms with E-state index < -0.39 is 0 Å². The zero-order valence-corrected chi connectivity index (χ0v) is 15.5. The number of hydrogen-bond donors (Lipinski definition) is 0. The van der Waals surface area contributed by atoms with Crippen molar-refractivity contribution >= 4 is 16.8 Å². The molecule has 0 spiro atoms. The smallest absolute Gasteiger partial charge is 0.254 e. The van der Waals surface area contributed by atoms with Crippen LogP contribution >= 0.6 is 0 Å². The fraction of sp³-hybridized carbons (Fsp3) is 0.200. The molecule has 7 nitrogen and oxygen atoms in total. The van der Waals surface area contributed by atoms with Crippen molar-refractivity contribution in [1.82, 2.24) is 29.4 Å². The second-order valence-corrected chi connectivity index (χ2v) is 6.58. The van der Waals surface area contributed by atoms with Crippen molar-refractivity contribution in [1.29, 1.82) is 0 Å². The van der Waals surface area contributed by atoms with Gasteiger partial charge in [-0.15, -0.1) is 0 Å². The van der Waals surface area contributed by atoms with Gasteiger partial charge in [0.25, 0.3) is 5.91 Å². The molecular weight excluding hydrogens is 340 g/mol. The first kappa shape index (κ1) is 17.0. The van der Waals surface area contributed by atoms with Gasteiger partial charge in [0, 0.05) is 44.5 Å². The van der Waals surface area contributed by atoms with Crippen molar-refractivity contribution in [2.45, 2.75) is 6.54 Å². The molecule has 3 heterocycles. The maximum Gasteiger partial charge on any atom is 0.254 e. The summed E-state index contributed by atoms with van der Waals surface area (Å²) in [6.45, 7) is 0.480. The molecule has 0 atom stereocenters. The van der Waals surface area contributed by atoms with Crippen LogP contribution in [0.3, 0.4) is 0 Å². The Hall–Kier alpha value is -3.48. The normalized spacial score (nSPS) is 11.1. The summed E-state index contributed by atoms with van der Waals surface area (Å²) < 4.78 is 3.50. The summed E-state index contributed by atoms with van der Waals surface area (Å²) in [5.74, 6) is -0.0556. The van der Waals surface area contributed by atoms with Crippen molar-refractivity contribution in [3.05, 3.63) is 66.2 Å². The summed E-state index contributed by atoms with van der Waals surface area (Å²) in [6.07, 6.45) is 5.38. The monoisotopic (exact) mass is 360 g/mol. The number of pyridine rings is 1. The standard InChI is InChI=1S/C20H20N6O/c1-24(13-15-8-9-21-26(15)3)20(27)17-10-19(14-11-22-25(2)12-14)23-18-7-5-4-6-16(17)18/h4-12H,13H2,1-3H3. The molecule has 0 saturated heterocycles. The molecule has 1 aromatic carbocycles. The van der Waals surface area contributed by atoms with E-state index in [4.69, 9.17) is 4.98 Å². The fourth-order valence-corrected chi connectivity index (χ4v) is 3.13. The summed E-state index contributed by atoms with van der Waals surface area (Å²) in [6, 6.07) is 11.5. The van der Waals surface area contributed by atoms with Crippen molar-refractivity contribution in [3.63, 3.8) is 0 Å². The minimum atomic E-state index is -0.0556. The van der Waals surface area contributed by atoms with Gasteiger partial charge in [-0.1, -0.05) is 18.2 Å². The lowest BCUT2D eigenvalue weighted by Crippen LogP contribution is -2.27. The molecule has 0 bridgehead atoms. The Morgan fingerprint density at radius 2 is 1.96 bits per heavy atom. The quantitative estimate of drug-likeness (QED) is 0.561. The van der Waals surface area contributed by atoms with E-state index in [1.54, 1.807) is 33.7 Å². The maximum atomic E-state index is 13.2. The summed E-state index contributed by atoms with van der Waals surface area (Å²) in [7, 11) is 5.53. The highest BCUT2D eigenvalue weighted by Gasteiger charge is 2.18. The van der Waals surface area contributed by atoms with E-state index in [0.717, 1.165) is 27.9 Å². The van der Waals surface area contributed by atoms with E-state index in [9.17, 15) is 4.79 Å². The molecule has 0 aliphatic carbocycles. The average molecular weight is 360 g/mol. The molecule has 136 valence electrons. The molecule has 4 aromatic rings. The molecule has 3 aromatic heterocycles. The average Bonchev–Trinajstić information content (AvgIpc) is 3.28. The number of carbonyl (C=O) groups is 1. The van der Waals surface area contributed by atoms with Gasteiger partial charge in [0.05, 0.1) is 35.2 Å². The van der Waals surface area contributed by atoms with Crippen LogP contribution < -0.4 is 0 Å². The third kappa shape index (κ3) is 3.19. The zero-order chi connectivity index (χ0) is 19.0. The van der Waals surface area contributed by atoms with Gasteiger partial charge < -0.3 is 4.90 Å². The van der Waals surface area contributed by atoms with Crippen molar-refractivity contribution in [2.24, 2.45) is 14.1 Å². The topological polar surface area (TPSA) is 68.8 Å². The van der Waals surface area contributed by atoms with Crippen LogP contribution in [0.25, 0.3) is 22.2 Å². The van der Waals surface area contributed by atoms with Crippen LogP contribution in [0.4, 0.5) is 0 Å². The zero-order valence-electron chi connectivity index (χ0n) is 15.5. The van der Waals surface area contributed by atoms with Crippen LogP contribution in [0.15, 0.2) is 55.0 Å². The Kier molecular flexibility index (Phi) is 4.19. The molecule has 4 rings (SSSR count). The Morgan fingerprint density at radius 3 is 2.67 bits per heavy atom. The van der Waals surface area contributed by atoms with Crippen LogP contribution in [-0.4, -0.2) is 42.4 Å². The second-order valence-electron chi connectivity index (χ2n) is 6.58. The van der Waals surface area contributed by atoms with Crippen molar-refractivity contribution in [2.75, 3.05) is 7.05 Å². The number of aromatic nitrogens is 5. The lowest BCUT2D eigenvalue weighted by molar-refractivity contribution is 0.0784. The van der Waals surface area contributed by atoms with E-state index in [2.05, 4.69) is 10.2 Å². The Bertz CT molecular complexity index is 1130.